The smallest absolute Gasteiger partial charge is 0.190 e. The summed E-state index contributed by atoms with van der Waals surface area (Å²) in [5.41, 5.74) is 0.700. The van der Waals surface area contributed by atoms with Crippen molar-refractivity contribution in [2.75, 3.05) is 0 Å². The van der Waals surface area contributed by atoms with Crippen LogP contribution in [0.1, 0.15) is 25.5 Å². The van der Waals surface area contributed by atoms with Crippen molar-refractivity contribution in [1.82, 2.24) is 0 Å². The second-order valence-corrected chi connectivity index (χ2v) is 5.42. The lowest BCUT2D eigenvalue weighted by atomic mass is 9.99. The number of fused-ring (bicyclic) bond motifs is 1. The summed E-state index contributed by atoms with van der Waals surface area (Å²) in [6, 6.07) is 9.11. The summed E-state index contributed by atoms with van der Waals surface area (Å²) in [5, 5.41) is 20.5. The van der Waals surface area contributed by atoms with Crippen molar-refractivity contribution in [1.29, 1.82) is 0 Å². The molecule has 0 saturated carbocycles. The maximum atomic E-state index is 10.3. The first-order chi connectivity index (χ1) is 8.98. The average molecular weight is 266 g/mol. The molecule has 0 unspecified atom stereocenters. The maximum absolute atomic E-state index is 10.3. The Morgan fingerprint density at radius 3 is 2.47 bits per heavy atom. The second kappa shape index (κ2) is 4.54. The third-order valence-electron chi connectivity index (χ3n) is 3.50. The van der Waals surface area contributed by atoms with Gasteiger partial charge in [0, 0.05) is 0 Å². The van der Waals surface area contributed by atoms with E-state index >= 15 is 0 Å². The van der Waals surface area contributed by atoms with Gasteiger partial charge in [-0.1, -0.05) is 30.3 Å². The van der Waals surface area contributed by atoms with Gasteiger partial charge in [-0.05, 0) is 19.4 Å². The van der Waals surface area contributed by atoms with Crippen molar-refractivity contribution >= 4 is 0 Å². The Morgan fingerprint density at radius 1 is 1.16 bits per heavy atom. The van der Waals surface area contributed by atoms with E-state index in [-0.39, 0.29) is 0 Å². The molecular weight excluding hydrogens is 248 g/mol. The van der Waals surface area contributed by atoms with Gasteiger partial charge in [-0.25, -0.2) is 0 Å². The molecule has 0 aliphatic carbocycles. The van der Waals surface area contributed by atoms with Gasteiger partial charge in [0.2, 0.25) is 0 Å². The van der Waals surface area contributed by atoms with E-state index in [0.29, 0.717) is 5.56 Å². The maximum Gasteiger partial charge on any atom is 0.190 e. The van der Waals surface area contributed by atoms with Crippen LogP contribution in [-0.4, -0.2) is 40.6 Å². The number of ether oxygens (including phenoxy) is 3. The van der Waals surface area contributed by atoms with Gasteiger partial charge in [0.25, 0.3) is 0 Å². The average Bonchev–Trinajstić information content (AvgIpc) is 2.84. The molecule has 3 rings (SSSR count). The molecule has 1 aromatic rings. The first kappa shape index (κ1) is 13.0. The zero-order valence-electron chi connectivity index (χ0n) is 10.9. The molecule has 2 saturated heterocycles. The predicted octanol–water partition coefficient (Wildman–Crippen LogP) is 0.957. The van der Waals surface area contributed by atoms with Gasteiger partial charge in [0.15, 0.2) is 12.1 Å². The Morgan fingerprint density at radius 2 is 1.84 bits per heavy atom. The summed E-state index contributed by atoms with van der Waals surface area (Å²) in [6.45, 7) is 3.54. The lowest BCUT2D eigenvalue weighted by molar-refractivity contribution is -0.226. The monoisotopic (exact) mass is 266 g/mol. The molecule has 1 aromatic carbocycles. The molecule has 104 valence electrons. The van der Waals surface area contributed by atoms with E-state index in [2.05, 4.69) is 0 Å². The van der Waals surface area contributed by atoms with E-state index in [1.807, 2.05) is 18.2 Å². The summed E-state index contributed by atoms with van der Waals surface area (Å²) in [7, 11) is 0. The summed E-state index contributed by atoms with van der Waals surface area (Å²) < 4.78 is 16.7. The highest BCUT2D eigenvalue weighted by atomic mass is 16.8. The normalized spacial score (nSPS) is 38.1. The Labute approximate surface area is 111 Å². The molecule has 2 N–H and O–H groups in total. The van der Waals surface area contributed by atoms with Crippen LogP contribution in [0.15, 0.2) is 30.3 Å². The highest BCUT2D eigenvalue weighted by Crippen LogP contribution is 2.40. The highest BCUT2D eigenvalue weighted by molar-refractivity contribution is 5.19. The lowest BCUT2D eigenvalue weighted by Crippen LogP contribution is -2.37. The van der Waals surface area contributed by atoms with Gasteiger partial charge in [-0.3, -0.25) is 0 Å². The van der Waals surface area contributed by atoms with Crippen LogP contribution in [0.25, 0.3) is 0 Å². The summed E-state index contributed by atoms with van der Waals surface area (Å²) in [4.78, 5) is 0. The van der Waals surface area contributed by atoms with Crippen LogP contribution in [0.2, 0.25) is 0 Å². The van der Waals surface area contributed by atoms with Crippen molar-refractivity contribution in [3.8, 4) is 0 Å². The molecule has 2 fully saturated rings. The van der Waals surface area contributed by atoms with Crippen LogP contribution < -0.4 is 0 Å². The standard InChI is InChI=1S/C14H18O5/c1-14(2)18-12-10(16)11(17-13(12)19-14)9(15)8-6-4-3-5-7-8/h3-7,9-13,15-16H,1-2H3/t9-,10+,11+,12-,13-/m1/s1. The fourth-order valence-corrected chi connectivity index (χ4v) is 2.62. The van der Waals surface area contributed by atoms with E-state index in [1.165, 1.54) is 0 Å². The third kappa shape index (κ3) is 2.28. The molecule has 0 aromatic heterocycles. The van der Waals surface area contributed by atoms with Crippen molar-refractivity contribution in [2.45, 2.75) is 50.3 Å². The molecule has 0 amide bonds. The number of benzene rings is 1. The van der Waals surface area contributed by atoms with Crippen LogP contribution in [0.4, 0.5) is 0 Å². The molecule has 2 aliphatic heterocycles. The number of aliphatic hydroxyl groups excluding tert-OH is 2. The van der Waals surface area contributed by atoms with Crippen molar-refractivity contribution in [3.05, 3.63) is 35.9 Å². The topological polar surface area (TPSA) is 68.2 Å². The fourth-order valence-electron chi connectivity index (χ4n) is 2.62. The molecule has 0 bridgehead atoms. The summed E-state index contributed by atoms with van der Waals surface area (Å²) >= 11 is 0. The quantitative estimate of drug-likeness (QED) is 0.834. The number of hydrogen-bond donors (Lipinski definition) is 2. The van der Waals surface area contributed by atoms with Crippen LogP contribution in [0.3, 0.4) is 0 Å². The molecule has 5 atom stereocenters. The predicted molar refractivity (Wildman–Crippen MR) is 66.1 cm³/mol. The first-order valence-electron chi connectivity index (χ1n) is 6.40. The fraction of sp³-hybridized carbons (Fsp3) is 0.571. The van der Waals surface area contributed by atoms with E-state index in [4.69, 9.17) is 14.2 Å². The zero-order chi connectivity index (χ0) is 13.6. The zero-order valence-corrected chi connectivity index (χ0v) is 10.9. The van der Waals surface area contributed by atoms with Gasteiger partial charge in [0.05, 0.1) is 0 Å². The Balaban J connectivity index is 1.75. The van der Waals surface area contributed by atoms with Gasteiger partial charge in [-0.15, -0.1) is 0 Å². The summed E-state index contributed by atoms with van der Waals surface area (Å²) in [6.07, 6.45) is -3.75. The number of aliphatic hydroxyl groups is 2. The summed E-state index contributed by atoms with van der Waals surface area (Å²) in [5.74, 6) is -0.765. The Kier molecular flexibility index (Phi) is 3.11. The third-order valence-corrected chi connectivity index (χ3v) is 3.50. The molecule has 5 nitrogen and oxygen atoms in total. The van der Waals surface area contributed by atoms with Crippen molar-refractivity contribution in [3.63, 3.8) is 0 Å². The SMILES string of the molecule is CC1(C)O[C@H]2O[C@@H]([C@H](O)c3ccccc3)[C@H](O)[C@H]2O1. The van der Waals surface area contributed by atoms with Gasteiger partial charge < -0.3 is 24.4 Å². The molecule has 0 spiro atoms. The minimum Gasteiger partial charge on any atom is -0.387 e. The molecule has 5 heteroatoms. The molecule has 0 radical (unpaired) electrons. The Bertz CT molecular complexity index is 446. The minimum atomic E-state index is -0.915. The van der Waals surface area contributed by atoms with Gasteiger partial charge in [-0.2, -0.15) is 0 Å². The van der Waals surface area contributed by atoms with Gasteiger partial charge >= 0.3 is 0 Å². The second-order valence-electron chi connectivity index (χ2n) is 5.42. The van der Waals surface area contributed by atoms with Crippen LogP contribution in [0.5, 0.6) is 0 Å². The van der Waals surface area contributed by atoms with E-state index in [9.17, 15) is 10.2 Å². The molecule has 2 aliphatic rings. The largest absolute Gasteiger partial charge is 0.387 e. The van der Waals surface area contributed by atoms with E-state index in [0.717, 1.165) is 0 Å². The lowest BCUT2D eigenvalue weighted by Gasteiger charge is -2.26. The Hall–Kier alpha value is -0.980. The van der Waals surface area contributed by atoms with Crippen molar-refractivity contribution < 1.29 is 24.4 Å². The van der Waals surface area contributed by atoms with Crippen LogP contribution >= 0.6 is 0 Å². The number of rotatable bonds is 2. The highest BCUT2D eigenvalue weighted by Gasteiger charge is 2.56. The molecular formula is C14H18O5. The van der Waals surface area contributed by atoms with E-state index in [1.54, 1.807) is 26.0 Å². The van der Waals surface area contributed by atoms with E-state index < -0.39 is 36.5 Å². The first-order valence-corrected chi connectivity index (χ1v) is 6.40. The van der Waals surface area contributed by atoms with Crippen LogP contribution in [-0.2, 0) is 14.2 Å². The molecule has 19 heavy (non-hydrogen) atoms. The minimum absolute atomic E-state index is 0.557. The number of hydrogen-bond acceptors (Lipinski definition) is 5. The van der Waals surface area contributed by atoms with Crippen LogP contribution in [0, 0.1) is 0 Å². The van der Waals surface area contributed by atoms with Crippen molar-refractivity contribution in [2.24, 2.45) is 0 Å². The molecule has 2 heterocycles. The van der Waals surface area contributed by atoms with Gasteiger partial charge in [0.1, 0.15) is 24.4 Å².